The minimum absolute atomic E-state index is 0.394. The van der Waals surface area contributed by atoms with Crippen LogP contribution in [-0.2, 0) is 10.3 Å². The Morgan fingerprint density at radius 2 is 2.30 bits per heavy atom. The fraction of sp³-hybridized carbons (Fsp3) is 0.529. The van der Waals surface area contributed by atoms with Gasteiger partial charge in [0.15, 0.2) is 0 Å². The lowest BCUT2D eigenvalue weighted by molar-refractivity contribution is 0.0447. The Balaban J connectivity index is 2.25. The molecule has 23 heavy (non-hydrogen) atoms. The number of pyridine rings is 1. The summed E-state index contributed by atoms with van der Waals surface area (Å²) in [6.07, 6.45) is 8.91. The van der Waals surface area contributed by atoms with Gasteiger partial charge in [-0.2, -0.15) is 0 Å². The van der Waals surface area contributed by atoms with Crippen LogP contribution in [0.1, 0.15) is 24.8 Å². The van der Waals surface area contributed by atoms with Crippen LogP contribution < -0.4 is 10.8 Å². The molecule has 1 unspecified atom stereocenters. The van der Waals surface area contributed by atoms with Crippen LogP contribution in [0.4, 0.5) is 0 Å². The molecule has 1 heterocycles. The molecule has 126 valence electrons. The summed E-state index contributed by atoms with van der Waals surface area (Å²) in [5.41, 5.74) is 4.87. The lowest BCUT2D eigenvalue weighted by Gasteiger charge is -2.39. The maximum Gasteiger partial charge on any atom is 0.0919 e. The van der Waals surface area contributed by atoms with Crippen molar-refractivity contribution in [1.29, 1.82) is 0 Å². The molecular formula is C17H26N4OS. The van der Waals surface area contributed by atoms with Crippen LogP contribution in [0.25, 0.3) is 0 Å². The Morgan fingerprint density at radius 1 is 1.48 bits per heavy atom. The van der Waals surface area contributed by atoms with Crippen molar-refractivity contribution in [2.45, 2.75) is 24.7 Å². The summed E-state index contributed by atoms with van der Waals surface area (Å²) in [5.74, 6) is 0. The third-order valence-electron chi connectivity index (χ3n) is 4.16. The SMILES string of the molecule is CNC(=S)C1(c2cccnc2)CCCC=C1NOCCN(C)C. The smallest absolute Gasteiger partial charge is 0.0919 e. The fourth-order valence-electron chi connectivity index (χ4n) is 2.90. The summed E-state index contributed by atoms with van der Waals surface area (Å²) in [6.45, 7) is 1.47. The lowest BCUT2D eigenvalue weighted by Crippen LogP contribution is -2.48. The van der Waals surface area contributed by atoms with Crippen molar-refractivity contribution in [2.75, 3.05) is 34.3 Å². The van der Waals surface area contributed by atoms with E-state index in [0.29, 0.717) is 6.61 Å². The first-order valence-electron chi connectivity index (χ1n) is 7.97. The molecule has 2 rings (SSSR count). The summed E-state index contributed by atoms with van der Waals surface area (Å²) < 4.78 is 0. The topological polar surface area (TPSA) is 49.4 Å². The predicted octanol–water partition coefficient (Wildman–Crippen LogP) is 2.02. The van der Waals surface area contributed by atoms with Crippen molar-refractivity contribution < 1.29 is 4.84 Å². The molecule has 0 fully saturated rings. The van der Waals surface area contributed by atoms with E-state index >= 15 is 0 Å². The van der Waals surface area contributed by atoms with Crippen molar-refractivity contribution in [2.24, 2.45) is 0 Å². The number of hydrogen-bond donors (Lipinski definition) is 2. The molecule has 0 aliphatic heterocycles. The van der Waals surface area contributed by atoms with Crippen LogP contribution in [-0.4, -0.2) is 49.2 Å². The summed E-state index contributed by atoms with van der Waals surface area (Å²) in [5, 5.41) is 3.17. The van der Waals surface area contributed by atoms with Gasteiger partial charge in [0.2, 0.25) is 0 Å². The summed E-state index contributed by atoms with van der Waals surface area (Å²) in [6, 6.07) is 4.03. The molecule has 1 atom stereocenters. The maximum absolute atomic E-state index is 5.69. The second kappa shape index (κ2) is 8.38. The Labute approximate surface area is 144 Å². The van der Waals surface area contributed by atoms with Crippen molar-refractivity contribution in [3.8, 4) is 0 Å². The van der Waals surface area contributed by atoms with Crippen LogP contribution in [0.3, 0.4) is 0 Å². The molecule has 0 bridgehead atoms. The molecular weight excluding hydrogens is 308 g/mol. The number of likely N-dealkylation sites (N-methyl/N-ethyl adjacent to an activating group) is 2. The molecule has 1 aromatic rings. The van der Waals surface area contributed by atoms with Crippen molar-refractivity contribution in [3.63, 3.8) is 0 Å². The number of hydrogen-bond acceptors (Lipinski definition) is 5. The molecule has 0 saturated heterocycles. The van der Waals surface area contributed by atoms with Crippen LogP contribution in [0.5, 0.6) is 0 Å². The average Bonchev–Trinajstić information content (AvgIpc) is 2.59. The number of hydroxylamine groups is 1. The highest BCUT2D eigenvalue weighted by Gasteiger charge is 2.42. The van der Waals surface area contributed by atoms with Crippen LogP contribution >= 0.6 is 12.2 Å². The zero-order valence-electron chi connectivity index (χ0n) is 14.1. The van der Waals surface area contributed by atoms with Gasteiger partial charge in [0.25, 0.3) is 0 Å². The van der Waals surface area contributed by atoms with Gasteiger partial charge in [0.05, 0.1) is 22.7 Å². The first-order valence-corrected chi connectivity index (χ1v) is 8.38. The van der Waals surface area contributed by atoms with Crippen LogP contribution in [0.15, 0.2) is 36.3 Å². The number of nitrogens with one attached hydrogen (secondary N) is 2. The van der Waals surface area contributed by atoms with Crippen molar-refractivity contribution in [3.05, 3.63) is 41.9 Å². The highest BCUT2D eigenvalue weighted by Crippen LogP contribution is 2.40. The van der Waals surface area contributed by atoms with Gasteiger partial charge >= 0.3 is 0 Å². The Bertz CT molecular complexity index is 547. The van der Waals surface area contributed by atoms with E-state index in [2.05, 4.69) is 32.8 Å². The van der Waals surface area contributed by atoms with Crippen LogP contribution in [0.2, 0.25) is 0 Å². The first kappa shape index (κ1) is 17.8. The summed E-state index contributed by atoms with van der Waals surface area (Å²) in [7, 11) is 5.93. The van der Waals surface area contributed by atoms with E-state index in [9.17, 15) is 0 Å². The van der Waals surface area contributed by atoms with Gasteiger partial charge in [-0.1, -0.05) is 24.4 Å². The monoisotopic (exact) mass is 334 g/mol. The Hall–Kier alpha value is -1.50. The molecule has 0 amide bonds. The number of rotatable bonds is 7. The largest absolute Gasteiger partial charge is 0.382 e. The number of thiocarbonyl (C=S) groups is 1. The second-order valence-electron chi connectivity index (χ2n) is 5.99. The van der Waals surface area contributed by atoms with Gasteiger partial charge in [0, 0.05) is 26.0 Å². The third kappa shape index (κ3) is 4.07. The lowest BCUT2D eigenvalue weighted by atomic mass is 9.71. The molecule has 1 aliphatic carbocycles. The normalized spacial score (nSPS) is 21.0. The van der Waals surface area contributed by atoms with Gasteiger partial charge in [-0.15, -0.1) is 0 Å². The standard InChI is InChI=1S/C17H26N4OS/c1-18-16(23)17(14-7-6-10-19-13-14)9-5-4-8-15(17)20-22-12-11-21(2)3/h6-8,10,13,20H,4-5,9,11-12H2,1-3H3,(H,18,23). The Kier molecular flexibility index (Phi) is 6.50. The summed E-state index contributed by atoms with van der Waals surface area (Å²) in [4.78, 5) is 12.9. The fourth-order valence-corrected chi connectivity index (χ4v) is 3.23. The molecule has 0 saturated carbocycles. The molecule has 6 heteroatoms. The minimum atomic E-state index is -0.394. The quantitative estimate of drug-likeness (QED) is 0.452. The van der Waals surface area contributed by atoms with E-state index < -0.39 is 5.41 Å². The molecule has 0 radical (unpaired) electrons. The highest BCUT2D eigenvalue weighted by atomic mass is 32.1. The zero-order valence-corrected chi connectivity index (χ0v) is 14.9. The van der Waals surface area contributed by atoms with E-state index in [-0.39, 0.29) is 0 Å². The molecule has 2 N–H and O–H groups in total. The second-order valence-corrected chi connectivity index (χ2v) is 6.40. The van der Waals surface area contributed by atoms with Crippen LogP contribution in [0, 0.1) is 0 Å². The van der Waals surface area contributed by atoms with Gasteiger partial charge in [-0.3, -0.25) is 15.3 Å². The summed E-state index contributed by atoms with van der Waals surface area (Å²) >= 11 is 5.68. The van der Waals surface area contributed by atoms with E-state index in [1.54, 1.807) is 6.20 Å². The van der Waals surface area contributed by atoms with Gasteiger partial charge in [-0.25, -0.2) is 0 Å². The van der Waals surface area contributed by atoms with Gasteiger partial charge in [-0.05, 0) is 45.0 Å². The van der Waals surface area contributed by atoms with Crippen molar-refractivity contribution in [1.82, 2.24) is 20.7 Å². The first-order chi connectivity index (χ1) is 11.1. The number of aromatic nitrogens is 1. The number of nitrogens with zero attached hydrogens (tertiary/aromatic N) is 2. The molecule has 1 aromatic heterocycles. The van der Waals surface area contributed by atoms with Gasteiger partial charge in [0.1, 0.15) is 0 Å². The van der Waals surface area contributed by atoms with E-state index in [0.717, 1.165) is 42.1 Å². The van der Waals surface area contributed by atoms with Crippen molar-refractivity contribution >= 4 is 17.2 Å². The molecule has 5 nitrogen and oxygen atoms in total. The highest BCUT2D eigenvalue weighted by molar-refractivity contribution is 7.80. The molecule has 1 aliphatic rings. The predicted molar refractivity (Wildman–Crippen MR) is 97.1 cm³/mol. The maximum atomic E-state index is 5.69. The number of allylic oxidation sites excluding steroid dienone is 1. The van der Waals surface area contributed by atoms with E-state index in [1.807, 2.05) is 33.4 Å². The van der Waals surface area contributed by atoms with E-state index in [1.165, 1.54) is 0 Å². The van der Waals surface area contributed by atoms with Gasteiger partial charge < -0.3 is 10.2 Å². The molecule has 0 aromatic carbocycles. The minimum Gasteiger partial charge on any atom is -0.382 e. The average molecular weight is 334 g/mol. The zero-order chi connectivity index (χ0) is 16.7. The third-order valence-corrected chi connectivity index (χ3v) is 4.71. The molecule has 0 spiro atoms. The van der Waals surface area contributed by atoms with E-state index in [4.69, 9.17) is 17.1 Å². The Morgan fingerprint density at radius 3 is 2.96 bits per heavy atom.